The molecule has 0 saturated carbocycles. The molecular weight excluding hydrogens is 449 g/mol. The van der Waals surface area contributed by atoms with Gasteiger partial charge < -0.3 is 15.3 Å². The molecule has 1 aliphatic heterocycles. The number of aliphatic hydroxyl groups is 1. The van der Waals surface area contributed by atoms with Crippen molar-refractivity contribution in [2.24, 2.45) is 0 Å². The maximum Gasteiger partial charge on any atom is 0.227 e. The van der Waals surface area contributed by atoms with Gasteiger partial charge in [-0.15, -0.1) is 0 Å². The van der Waals surface area contributed by atoms with E-state index in [0.717, 1.165) is 17.7 Å². The topological polar surface area (TPSA) is 91.2 Å². The number of aryl methyl sites for hydroxylation is 1. The Labute approximate surface area is 196 Å². The summed E-state index contributed by atoms with van der Waals surface area (Å²) in [6, 6.07) is 10.5. The summed E-state index contributed by atoms with van der Waals surface area (Å²) >= 11 is 12.3. The number of benzene rings is 1. The number of nitrogens with one attached hydrogen (secondary N) is 1. The molecule has 0 unspecified atom stereocenters. The smallest absolute Gasteiger partial charge is 0.227 e. The predicted octanol–water partition coefficient (Wildman–Crippen LogP) is 4.48. The lowest BCUT2D eigenvalue weighted by Crippen LogP contribution is -2.24. The number of halogens is 2. The van der Waals surface area contributed by atoms with Gasteiger partial charge in [0.15, 0.2) is 5.78 Å². The number of ketones is 1. The van der Waals surface area contributed by atoms with Gasteiger partial charge in [0.05, 0.1) is 21.7 Å². The van der Waals surface area contributed by atoms with Crippen LogP contribution in [0.4, 0.5) is 17.6 Å². The number of Topliss-reactive ketones (excluding diaryl/α,β-unsaturated/α-hetero) is 1. The number of β-amino-alcohol motifs (C(OH)–C–C–N with tert-alkyl or cyclic N) is 1. The van der Waals surface area contributed by atoms with Crippen LogP contribution in [0, 0.1) is 0 Å². The van der Waals surface area contributed by atoms with E-state index in [0.29, 0.717) is 52.7 Å². The predicted molar refractivity (Wildman–Crippen MR) is 126 cm³/mol. The fourth-order valence-corrected chi connectivity index (χ4v) is 4.22. The molecule has 9 heteroatoms. The highest BCUT2D eigenvalue weighted by atomic mass is 35.5. The van der Waals surface area contributed by atoms with Gasteiger partial charge in [-0.25, -0.2) is 9.97 Å². The molecule has 32 heavy (non-hydrogen) atoms. The van der Waals surface area contributed by atoms with Gasteiger partial charge in [0.25, 0.3) is 0 Å². The highest BCUT2D eigenvalue weighted by Gasteiger charge is 2.23. The number of carbonyl (C=O) groups excluding carboxylic acids is 1. The zero-order valence-corrected chi connectivity index (χ0v) is 19.1. The summed E-state index contributed by atoms with van der Waals surface area (Å²) in [5, 5.41) is 13.7. The van der Waals surface area contributed by atoms with Crippen molar-refractivity contribution >= 4 is 46.6 Å². The summed E-state index contributed by atoms with van der Waals surface area (Å²) in [6.45, 7) is 3.26. The first-order chi connectivity index (χ1) is 15.4. The number of nitrogens with zero attached hydrogens (tertiary/aromatic N) is 4. The Bertz CT molecular complexity index is 1120. The molecular formula is C23H23Cl2N5O2. The van der Waals surface area contributed by atoms with Crippen LogP contribution in [0.25, 0.3) is 0 Å². The van der Waals surface area contributed by atoms with Crippen molar-refractivity contribution in [2.75, 3.05) is 23.3 Å². The average molecular weight is 472 g/mol. The second kappa shape index (κ2) is 9.81. The van der Waals surface area contributed by atoms with Gasteiger partial charge in [-0.05, 0) is 42.7 Å². The quantitative estimate of drug-likeness (QED) is 0.490. The van der Waals surface area contributed by atoms with E-state index in [1.165, 1.54) is 0 Å². The van der Waals surface area contributed by atoms with Gasteiger partial charge in [0.1, 0.15) is 11.6 Å². The van der Waals surface area contributed by atoms with Crippen molar-refractivity contribution in [3.05, 3.63) is 69.5 Å². The van der Waals surface area contributed by atoms with Crippen molar-refractivity contribution < 1.29 is 9.90 Å². The van der Waals surface area contributed by atoms with Crippen LogP contribution in [-0.4, -0.2) is 45.0 Å². The first-order valence-corrected chi connectivity index (χ1v) is 11.2. The second-order valence-electron chi connectivity index (χ2n) is 7.66. The minimum atomic E-state index is -0.359. The van der Waals surface area contributed by atoms with Gasteiger partial charge in [-0.2, -0.15) is 4.98 Å². The van der Waals surface area contributed by atoms with E-state index in [9.17, 15) is 9.90 Å². The van der Waals surface area contributed by atoms with Crippen molar-refractivity contribution in [3.63, 3.8) is 0 Å². The minimum absolute atomic E-state index is 0.140. The summed E-state index contributed by atoms with van der Waals surface area (Å²) in [6.07, 6.45) is 2.87. The fourth-order valence-electron chi connectivity index (χ4n) is 3.62. The molecule has 1 fully saturated rings. The fraction of sp³-hybridized carbons (Fsp3) is 0.304. The molecule has 0 bridgehead atoms. The van der Waals surface area contributed by atoms with E-state index >= 15 is 0 Å². The van der Waals surface area contributed by atoms with Crippen molar-refractivity contribution in [2.45, 2.75) is 32.3 Å². The number of hydrogen-bond acceptors (Lipinski definition) is 7. The van der Waals surface area contributed by atoms with E-state index < -0.39 is 0 Å². The van der Waals surface area contributed by atoms with Gasteiger partial charge in [-0.3, -0.25) is 4.79 Å². The first kappa shape index (κ1) is 22.5. The maximum atomic E-state index is 12.8. The molecule has 7 nitrogen and oxygen atoms in total. The van der Waals surface area contributed by atoms with Crippen LogP contribution in [0.2, 0.25) is 10.0 Å². The van der Waals surface area contributed by atoms with Crippen LogP contribution in [-0.2, 0) is 12.8 Å². The van der Waals surface area contributed by atoms with E-state index in [4.69, 9.17) is 23.2 Å². The van der Waals surface area contributed by atoms with Crippen LogP contribution < -0.4 is 10.2 Å². The molecule has 0 amide bonds. The monoisotopic (exact) mass is 471 g/mol. The molecule has 3 aromatic rings. The number of carbonyl (C=O) groups is 1. The number of anilines is 3. The first-order valence-electron chi connectivity index (χ1n) is 10.4. The van der Waals surface area contributed by atoms with Gasteiger partial charge in [0, 0.05) is 37.5 Å². The Kier molecular flexibility index (Phi) is 6.89. The lowest BCUT2D eigenvalue weighted by atomic mass is 10.0. The Balaban J connectivity index is 1.53. The minimum Gasteiger partial charge on any atom is -0.391 e. The Morgan fingerprint density at radius 3 is 2.66 bits per heavy atom. The molecule has 3 heterocycles. The highest BCUT2D eigenvalue weighted by molar-refractivity contribution is 6.39. The number of aromatic nitrogens is 3. The van der Waals surface area contributed by atoms with Crippen molar-refractivity contribution in [3.8, 4) is 0 Å². The number of pyridine rings is 1. The standard InChI is InChI=1S/C23H23Cl2N5O2/c1-2-15-12-21(29-23(27-15)30-9-7-16(31)13-30)28-20-11-14(6-8-26-20)10-19(32)22-17(24)4-3-5-18(22)25/h3-6,8,11-12,16,31H,2,7,9-10,13H2,1H3,(H,26,27,28,29)/t16-/m1/s1. The zero-order valence-electron chi connectivity index (χ0n) is 17.6. The highest BCUT2D eigenvalue weighted by Crippen LogP contribution is 2.26. The van der Waals surface area contributed by atoms with Gasteiger partial charge in [0.2, 0.25) is 5.95 Å². The third-order valence-corrected chi connectivity index (χ3v) is 5.89. The van der Waals surface area contributed by atoms with Crippen LogP contribution in [0.1, 0.15) is 35.0 Å². The Morgan fingerprint density at radius 2 is 1.97 bits per heavy atom. The summed E-state index contributed by atoms with van der Waals surface area (Å²) in [5.41, 5.74) is 1.98. The zero-order chi connectivity index (χ0) is 22.7. The Morgan fingerprint density at radius 1 is 1.19 bits per heavy atom. The molecule has 1 saturated heterocycles. The van der Waals surface area contributed by atoms with Crippen LogP contribution in [0.5, 0.6) is 0 Å². The van der Waals surface area contributed by atoms with Crippen LogP contribution in [0.15, 0.2) is 42.6 Å². The normalized spacial score (nSPS) is 15.8. The lowest BCUT2D eigenvalue weighted by molar-refractivity contribution is 0.0993. The van der Waals surface area contributed by atoms with E-state index in [1.807, 2.05) is 17.9 Å². The van der Waals surface area contributed by atoms with E-state index in [1.54, 1.807) is 36.5 Å². The molecule has 2 aromatic heterocycles. The number of hydrogen-bond donors (Lipinski definition) is 2. The second-order valence-corrected chi connectivity index (χ2v) is 8.47. The van der Waals surface area contributed by atoms with E-state index in [2.05, 4.69) is 20.3 Å². The van der Waals surface area contributed by atoms with Crippen molar-refractivity contribution in [1.29, 1.82) is 0 Å². The van der Waals surface area contributed by atoms with Crippen LogP contribution >= 0.6 is 23.2 Å². The summed E-state index contributed by atoms with van der Waals surface area (Å²) in [7, 11) is 0. The summed E-state index contributed by atoms with van der Waals surface area (Å²) < 4.78 is 0. The van der Waals surface area contributed by atoms with Gasteiger partial charge in [-0.1, -0.05) is 36.2 Å². The number of aliphatic hydroxyl groups excluding tert-OH is 1. The molecule has 1 aromatic carbocycles. The largest absolute Gasteiger partial charge is 0.391 e. The summed E-state index contributed by atoms with van der Waals surface area (Å²) in [4.78, 5) is 28.3. The summed E-state index contributed by atoms with van der Waals surface area (Å²) in [5.74, 6) is 1.60. The molecule has 0 aliphatic carbocycles. The Hall–Kier alpha value is -2.74. The van der Waals surface area contributed by atoms with E-state index in [-0.39, 0.29) is 18.3 Å². The van der Waals surface area contributed by atoms with Crippen molar-refractivity contribution in [1.82, 2.24) is 15.0 Å². The molecule has 1 atom stereocenters. The maximum absolute atomic E-state index is 12.8. The number of rotatable bonds is 7. The third kappa shape index (κ3) is 5.18. The average Bonchev–Trinajstić information content (AvgIpc) is 3.20. The molecule has 1 aliphatic rings. The lowest BCUT2D eigenvalue weighted by Gasteiger charge is -2.17. The molecule has 0 radical (unpaired) electrons. The molecule has 166 valence electrons. The van der Waals surface area contributed by atoms with Crippen LogP contribution in [0.3, 0.4) is 0 Å². The molecule has 2 N–H and O–H groups in total. The third-order valence-electron chi connectivity index (χ3n) is 5.26. The SMILES string of the molecule is CCc1cc(Nc2cc(CC(=O)c3c(Cl)cccc3Cl)ccn2)nc(N2CC[C@@H](O)C2)n1. The molecule has 0 spiro atoms. The molecule has 4 rings (SSSR count). The van der Waals surface area contributed by atoms with Gasteiger partial charge >= 0.3 is 0 Å².